The van der Waals surface area contributed by atoms with Gasteiger partial charge in [0.05, 0.1) is 10.8 Å². The summed E-state index contributed by atoms with van der Waals surface area (Å²) in [7, 11) is -0.951. The standard InChI is InChI=1S/C15H14OS/c1-10(2)15-13-6-4-3-5-11(13)7-12-8-17(16)9-14(12)15/h3-9,13,15H,1H2,2H3. The molecule has 0 aromatic carbocycles. The van der Waals surface area contributed by atoms with Crippen molar-refractivity contribution in [1.82, 2.24) is 0 Å². The van der Waals surface area contributed by atoms with E-state index in [4.69, 9.17) is 0 Å². The first kappa shape index (κ1) is 10.7. The summed E-state index contributed by atoms with van der Waals surface area (Å²) in [6, 6.07) is 0. The highest BCUT2D eigenvalue weighted by atomic mass is 32.2. The minimum absolute atomic E-state index is 0.272. The molecule has 0 radical (unpaired) electrons. The van der Waals surface area contributed by atoms with Gasteiger partial charge >= 0.3 is 0 Å². The second-order valence-electron chi connectivity index (χ2n) is 4.71. The number of hydrogen-bond donors (Lipinski definition) is 0. The van der Waals surface area contributed by atoms with Gasteiger partial charge in [0.2, 0.25) is 0 Å². The Kier molecular flexibility index (Phi) is 2.40. The van der Waals surface area contributed by atoms with Crippen molar-refractivity contribution in [2.45, 2.75) is 6.92 Å². The molecule has 0 saturated heterocycles. The van der Waals surface area contributed by atoms with Crippen molar-refractivity contribution in [3.05, 3.63) is 70.1 Å². The molecule has 3 rings (SSSR count). The molecule has 0 aromatic heterocycles. The molecular formula is C15H14OS. The topological polar surface area (TPSA) is 17.1 Å². The Labute approximate surface area is 104 Å². The van der Waals surface area contributed by atoms with Crippen LogP contribution in [0.25, 0.3) is 0 Å². The van der Waals surface area contributed by atoms with E-state index in [1.54, 1.807) is 0 Å². The van der Waals surface area contributed by atoms with Gasteiger partial charge in [0.1, 0.15) is 0 Å². The van der Waals surface area contributed by atoms with Gasteiger partial charge < -0.3 is 0 Å². The van der Waals surface area contributed by atoms with Crippen LogP contribution in [-0.4, -0.2) is 4.21 Å². The maximum atomic E-state index is 11.6. The molecular weight excluding hydrogens is 228 g/mol. The number of fused-ring (bicyclic) bond motifs is 2. The van der Waals surface area contributed by atoms with E-state index in [0.29, 0.717) is 5.92 Å². The molecule has 2 heteroatoms. The molecule has 0 amide bonds. The third-order valence-electron chi connectivity index (χ3n) is 3.47. The van der Waals surface area contributed by atoms with Crippen LogP contribution < -0.4 is 0 Å². The van der Waals surface area contributed by atoms with Crippen LogP contribution in [0.4, 0.5) is 0 Å². The summed E-state index contributed by atoms with van der Waals surface area (Å²) < 4.78 is 11.6. The van der Waals surface area contributed by atoms with Gasteiger partial charge in [-0.05, 0) is 23.6 Å². The highest BCUT2D eigenvalue weighted by Crippen LogP contribution is 2.45. The predicted molar refractivity (Wildman–Crippen MR) is 72.5 cm³/mol. The van der Waals surface area contributed by atoms with Gasteiger partial charge in [-0.2, -0.15) is 0 Å². The maximum absolute atomic E-state index is 11.6. The van der Waals surface area contributed by atoms with Crippen molar-refractivity contribution >= 4 is 10.8 Å². The Balaban J connectivity index is 2.18. The monoisotopic (exact) mass is 242 g/mol. The molecule has 17 heavy (non-hydrogen) atoms. The zero-order chi connectivity index (χ0) is 12.0. The van der Waals surface area contributed by atoms with E-state index in [2.05, 4.69) is 43.9 Å². The van der Waals surface area contributed by atoms with Gasteiger partial charge in [0.15, 0.2) is 0 Å². The average molecular weight is 242 g/mol. The van der Waals surface area contributed by atoms with Gasteiger partial charge in [-0.15, -0.1) is 0 Å². The molecule has 0 saturated carbocycles. The zero-order valence-electron chi connectivity index (χ0n) is 9.72. The van der Waals surface area contributed by atoms with Crippen molar-refractivity contribution < 1.29 is 4.21 Å². The summed E-state index contributed by atoms with van der Waals surface area (Å²) in [5, 5.41) is 3.70. The minimum atomic E-state index is -0.951. The summed E-state index contributed by atoms with van der Waals surface area (Å²) in [5.41, 5.74) is 4.73. The molecule has 3 aliphatic rings. The molecule has 2 aliphatic carbocycles. The van der Waals surface area contributed by atoms with Crippen molar-refractivity contribution in [2.24, 2.45) is 11.8 Å². The zero-order valence-corrected chi connectivity index (χ0v) is 10.5. The minimum Gasteiger partial charge on any atom is -0.250 e. The number of hydrogen-bond acceptors (Lipinski definition) is 1. The van der Waals surface area contributed by atoms with Crippen molar-refractivity contribution in [3.8, 4) is 0 Å². The van der Waals surface area contributed by atoms with E-state index in [0.717, 1.165) is 11.1 Å². The Morgan fingerprint density at radius 3 is 2.94 bits per heavy atom. The Morgan fingerprint density at radius 1 is 1.35 bits per heavy atom. The summed E-state index contributed by atoms with van der Waals surface area (Å²) in [5.74, 6) is 0.630. The first-order chi connectivity index (χ1) is 8.16. The molecule has 0 bridgehead atoms. The van der Waals surface area contributed by atoms with Crippen molar-refractivity contribution in [3.63, 3.8) is 0 Å². The molecule has 3 unspecified atom stereocenters. The predicted octanol–water partition coefficient (Wildman–Crippen LogP) is 3.39. The Hall–Kier alpha value is -1.41. The molecule has 86 valence electrons. The first-order valence-electron chi connectivity index (χ1n) is 5.72. The fraction of sp³-hybridized carbons (Fsp3) is 0.200. The molecule has 1 nitrogen and oxygen atoms in total. The van der Waals surface area contributed by atoms with Gasteiger partial charge in [-0.25, -0.2) is 0 Å². The fourth-order valence-corrected chi connectivity index (χ4v) is 3.81. The summed E-state index contributed by atoms with van der Waals surface area (Å²) in [4.78, 5) is 0. The largest absolute Gasteiger partial charge is 0.250 e. The Bertz CT molecular complexity index is 570. The maximum Gasteiger partial charge on any atom is 0.0711 e. The van der Waals surface area contributed by atoms with E-state index in [-0.39, 0.29) is 5.92 Å². The van der Waals surface area contributed by atoms with E-state index in [9.17, 15) is 4.21 Å². The second-order valence-corrected chi connectivity index (χ2v) is 5.84. The Morgan fingerprint density at radius 2 is 2.18 bits per heavy atom. The van der Waals surface area contributed by atoms with Gasteiger partial charge in [0, 0.05) is 22.7 Å². The van der Waals surface area contributed by atoms with Gasteiger partial charge in [-0.1, -0.05) is 42.5 Å². The van der Waals surface area contributed by atoms with E-state index < -0.39 is 10.8 Å². The van der Waals surface area contributed by atoms with Gasteiger partial charge in [-0.3, -0.25) is 4.21 Å². The molecule has 0 spiro atoms. The smallest absolute Gasteiger partial charge is 0.0711 e. The summed E-state index contributed by atoms with van der Waals surface area (Å²) in [6.45, 7) is 6.16. The fourth-order valence-electron chi connectivity index (χ4n) is 2.76. The van der Waals surface area contributed by atoms with Crippen molar-refractivity contribution in [1.29, 1.82) is 0 Å². The van der Waals surface area contributed by atoms with E-state index in [1.165, 1.54) is 11.1 Å². The van der Waals surface area contributed by atoms with E-state index >= 15 is 0 Å². The van der Waals surface area contributed by atoms with Crippen LogP contribution >= 0.6 is 0 Å². The second kappa shape index (κ2) is 3.81. The summed E-state index contributed by atoms with van der Waals surface area (Å²) >= 11 is 0. The van der Waals surface area contributed by atoms with Gasteiger partial charge in [0.25, 0.3) is 0 Å². The molecule has 3 atom stereocenters. The lowest BCUT2D eigenvalue weighted by Crippen LogP contribution is -2.23. The normalized spacial score (nSPS) is 33.5. The highest BCUT2D eigenvalue weighted by molar-refractivity contribution is 7.91. The molecule has 0 N–H and O–H groups in total. The van der Waals surface area contributed by atoms with E-state index in [1.807, 2.05) is 10.8 Å². The quantitative estimate of drug-likeness (QED) is 0.644. The van der Waals surface area contributed by atoms with Crippen LogP contribution in [-0.2, 0) is 10.8 Å². The van der Waals surface area contributed by atoms with Crippen LogP contribution in [0.1, 0.15) is 6.92 Å². The molecule has 1 heterocycles. The third kappa shape index (κ3) is 1.64. The molecule has 0 fully saturated rings. The number of rotatable bonds is 1. The average Bonchev–Trinajstić information content (AvgIpc) is 2.64. The lowest BCUT2D eigenvalue weighted by Gasteiger charge is -2.33. The number of allylic oxidation sites excluding steroid dienone is 9. The van der Waals surface area contributed by atoms with Crippen LogP contribution in [0.2, 0.25) is 0 Å². The van der Waals surface area contributed by atoms with Crippen LogP contribution in [0.5, 0.6) is 0 Å². The van der Waals surface area contributed by atoms with Crippen molar-refractivity contribution in [2.75, 3.05) is 0 Å². The molecule has 1 aliphatic heterocycles. The SMILES string of the molecule is C=C(C)C1C2=CS(=O)C=C2C=C2C=CC=CC21. The lowest BCUT2D eigenvalue weighted by molar-refractivity contribution is 0.581. The summed E-state index contributed by atoms with van der Waals surface area (Å²) in [6.07, 6.45) is 10.6. The van der Waals surface area contributed by atoms with Crippen LogP contribution in [0.15, 0.2) is 70.1 Å². The lowest BCUT2D eigenvalue weighted by atomic mass is 9.70. The third-order valence-corrected chi connectivity index (χ3v) is 4.44. The highest BCUT2D eigenvalue weighted by Gasteiger charge is 2.34. The van der Waals surface area contributed by atoms with Crippen LogP contribution in [0.3, 0.4) is 0 Å². The van der Waals surface area contributed by atoms with Crippen LogP contribution in [0, 0.1) is 11.8 Å². The first-order valence-corrected chi connectivity index (χ1v) is 6.99. The molecule has 0 aromatic rings.